The van der Waals surface area contributed by atoms with Gasteiger partial charge < -0.3 is 20.1 Å². The van der Waals surface area contributed by atoms with Crippen molar-refractivity contribution in [2.75, 3.05) is 25.6 Å². The molecule has 0 spiro atoms. The maximum atomic E-state index is 12.1. The highest BCUT2D eigenvalue weighted by atomic mass is 16.5. The molecule has 1 aliphatic carbocycles. The van der Waals surface area contributed by atoms with E-state index < -0.39 is 5.97 Å². The Hall–Kier alpha value is -3.35. The summed E-state index contributed by atoms with van der Waals surface area (Å²) in [4.78, 5) is 35.6. The molecule has 7 nitrogen and oxygen atoms in total. The molecule has 1 fully saturated rings. The zero-order valence-electron chi connectivity index (χ0n) is 16.3. The Kier molecular flexibility index (Phi) is 6.84. The van der Waals surface area contributed by atoms with Crippen molar-refractivity contribution in [2.45, 2.75) is 19.3 Å². The van der Waals surface area contributed by atoms with Crippen LogP contribution in [0.3, 0.4) is 0 Å². The largest absolute Gasteiger partial charge is 0.497 e. The Morgan fingerprint density at radius 1 is 1.00 bits per heavy atom. The number of esters is 1. The molecule has 0 atom stereocenters. The summed E-state index contributed by atoms with van der Waals surface area (Å²) in [6.45, 7) is 0.0969. The first-order valence-electron chi connectivity index (χ1n) is 9.53. The van der Waals surface area contributed by atoms with Crippen LogP contribution in [0.4, 0.5) is 5.69 Å². The summed E-state index contributed by atoms with van der Waals surface area (Å²) in [7, 11) is 1.61. The number of amides is 2. The zero-order chi connectivity index (χ0) is 20.6. The molecule has 2 aromatic rings. The first kappa shape index (κ1) is 20.4. The van der Waals surface area contributed by atoms with Gasteiger partial charge in [0.05, 0.1) is 12.7 Å². The first-order valence-corrected chi connectivity index (χ1v) is 9.53. The Balaban J connectivity index is 1.36. The van der Waals surface area contributed by atoms with E-state index in [9.17, 15) is 14.4 Å². The quantitative estimate of drug-likeness (QED) is 0.636. The lowest BCUT2D eigenvalue weighted by Gasteiger charge is -2.08. The average Bonchev–Trinajstić information content (AvgIpc) is 3.58. The molecule has 1 aliphatic rings. The maximum absolute atomic E-state index is 12.1. The molecule has 0 radical (unpaired) electrons. The summed E-state index contributed by atoms with van der Waals surface area (Å²) in [5, 5.41) is 5.52. The smallest absolute Gasteiger partial charge is 0.338 e. The van der Waals surface area contributed by atoms with Crippen molar-refractivity contribution in [1.29, 1.82) is 0 Å². The molecule has 152 valence electrons. The van der Waals surface area contributed by atoms with Crippen LogP contribution in [0.15, 0.2) is 48.5 Å². The molecular formula is C22H24N2O5. The number of hydrogen-bond donors (Lipinski definition) is 2. The molecule has 2 aromatic carbocycles. The molecule has 0 aliphatic heterocycles. The van der Waals surface area contributed by atoms with E-state index in [0.717, 1.165) is 24.2 Å². The number of anilines is 1. The minimum absolute atomic E-state index is 0.00615. The molecule has 0 bridgehead atoms. The number of benzene rings is 2. The Labute approximate surface area is 169 Å². The molecule has 0 unspecified atom stereocenters. The Morgan fingerprint density at radius 2 is 1.69 bits per heavy atom. The molecule has 0 aromatic heterocycles. The molecule has 0 heterocycles. The summed E-state index contributed by atoms with van der Waals surface area (Å²) < 4.78 is 10.1. The van der Waals surface area contributed by atoms with Crippen molar-refractivity contribution in [3.05, 3.63) is 59.7 Å². The van der Waals surface area contributed by atoms with E-state index in [0.29, 0.717) is 24.2 Å². The lowest BCUT2D eigenvalue weighted by Crippen LogP contribution is -2.30. The van der Waals surface area contributed by atoms with Crippen LogP contribution in [-0.4, -0.2) is 38.0 Å². The maximum Gasteiger partial charge on any atom is 0.338 e. The van der Waals surface area contributed by atoms with E-state index in [1.165, 1.54) is 0 Å². The van der Waals surface area contributed by atoms with Gasteiger partial charge in [0, 0.05) is 18.2 Å². The minimum Gasteiger partial charge on any atom is -0.497 e. The molecule has 29 heavy (non-hydrogen) atoms. The van der Waals surface area contributed by atoms with E-state index in [1.54, 1.807) is 31.4 Å². The van der Waals surface area contributed by atoms with E-state index in [2.05, 4.69) is 10.6 Å². The highest BCUT2D eigenvalue weighted by molar-refractivity contribution is 5.95. The molecule has 1 saturated carbocycles. The average molecular weight is 396 g/mol. The van der Waals surface area contributed by atoms with Crippen LogP contribution >= 0.6 is 0 Å². The van der Waals surface area contributed by atoms with E-state index in [1.807, 2.05) is 24.3 Å². The third-order valence-corrected chi connectivity index (χ3v) is 4.57. The SMILES string of the molecule is COc1ccc(CCNC(=O)COC(=O)c2ccc(NC(=O)C3CC3)cc2)cc1. The second-order valence-electron chi connectivity index (χ2n) is 6.87. The van der Waals surface area contributed by atoms with Crippen molar-refractivity contribution >= 4 is 23.5 Å². The lowest BCUT2D eigenvalue weighted by molar-refractivity contribution is -0.124. The predicted molar refractivity (Wildman–Crippen MR) is 108 cm³/mol. The van der Waals surface area contributed by atoms with Crippen LogP contribution < -0.4 is 15.4 Å². The van der Waals surface area contributed by atoms with E-state index in [4.69, 9.17) is 9.47 Å². The Bertz CT molecular complexity index is 858. The second-order valence-corrected chi connectivity index (χ2v) is 6.87. The predicted octanol–water partition coefficient (Wildman–Crippen LogP) is 2.56. The fraction of sp³-hybridized carbons (Fsp3) is 0.318. The van der Waals surface area contributed by atoms with Gasteiger partial charge in [-0.3, -0.25) is 9.59 Å². The number of rotatable bonds is 9. The van der Waals surface area contributed by atoms with Gasteiger partial charge in [-0.15, -0.1) is 0 Å². The molecule has 7 heteroatoms. The number of methoxy groups -OCH3 is 1. The summed E-state index contributed by atoms with van der Waals surface area (Å²) in [6, 6.07) is 14.0. The summed E-state index contributed by atoms with van der Waals surface area (Å²) >= 11 is 0. The molecular weight excluding hydrogens is 372 g/mol. The number of carbonyl (C=O) groups is 3. The minimum atomic E-state index is -0.588. The molecule has 0 saturated heterocycles. The number of ether oxygens (including phenoxy) is 2. The van der Waals surface area contributed by atoms with Crippen LogP contribution in [-0.2, 0) is 20.7 Å². The van der Waals surface area contributed by atoms with E-state index >= 15 is 0 Å². The van der Waals surface area contributed by atoms with Crippen LogP contribution in [0.1, 0.15) is 28.8 Å². The number of carbonyl (C=O) groups excluding carboxylic acids is 3. The fourth-order valence-corrected chi connectivity index (χ4v) is 2.68. The van der Waals surface area contributed by atoms with Gasteiger partial charge in [0.1, 0.15) is 5.75 Å². The normalized spacial score (nSPS) is 12.7. The number of nitrogens with one attached hydrogen (secondary N) is 2. The number of hydrogen-bond acceptors (Lipinski definition) is 5. The topological polar surface area (TPSA) is 93.7 Å². The van der Waals surface area contributed by atoms with Gasteiger partial charge in [-0.25, -0.2) is 4.79 Å². The standard InChI is InChI=1S/C22H24N2O5/c1-28-19-10-2-15(3-11-19)12-13-23-20(25)14-29-22(27)17-6-8-18(9-7-17)24-21(26)16-4-5-16/h2-3,6-11,16H,4-5,12-14H2,1H3,(H,23,25)(H,24,26). The highest BCUT2D eigenvalue weighted by Gasteiger charge is 2.29. The third kappa shape index (κ3) is 6.34. The summed E-state index contributed by atoms with van der Waals surface area (Å²) in [5.74, 6) is -0.0481. The third-order valence-electron chi connectivity index (χ3n) is 4.57. The van der Waals surface area contributed by atoms with Crippen LogP contribution in [0, 0.1) is 5.92 Å². The Morgan fingerprint density at radius 3 is 2.31 bits per heavy atom. The monoisotopic (exact) mass is 396 g/mol. The van der Waals surface area contributed by atoms with Crippen molar-refractivity contribution in [2.24, 2.45) is 5.92 Å². The van der Waals surface area contributed by atoms with Crippen LogP contribution in [0.5, 0.6) is 5.75 Å². The van der Waals surface area contributed by atoms with Crippen molar-refractivity contribution in [1.82, 2.24) is 5.32 Å². The molecule has 3 rings (SSSR count). The van der Waals surface area contributed by atoms with E-state index in [-0.39, 0.29) is 24.3 Å². The fourth-order valence-electron chi connectivity index (χ4n) is 2.68. The van der Waals surface area contributed by atoms with Gasteiger partial charge in [0.15, 0.2) is 6.61 Å². The first-order chi connectivity index (χ1) is 14.0. The van der Waals surface area contributed by atoms with Crippen molar-refractivity contribution in [3.63, 3.8) is 0 Å². The van der Waals surface area contributed by atoms with Crippen LogP contribution in [0.2, 0.25) is 0 Å². The summed E-state index contributed by atoms with van der Waals surface area (Å²) in [5.41, 5.74) is 2.02. The zero-order valence-corrected chi connectivity index (χ0v) is 16.3. The van der Waals surface area contributed by atoms with Gasteiger partial charge in [0.25, 0.3) is 5.91 Å². The van der Waals surface area contributed by atoms with Gasteiger partial charge in [-0.2, -0.15) is 0 Å². The lowest BCUT2D eigenvalue weighted by atomic mass is 10.1. The summed E-state index contributed by atoms with van der Waals surface area (Å²) in [6.07, 6.45) is 2.52. The van der Waals surface area contributed by atoms with Gasteiger partial charge in [0.2, 0.25) is 5.91 Å². The second kappa shape index (κ2) is 9.73. The molecule has 2 N–H and O–H groups in total. The van der Waals surface area contributed by atoms with Gasteiger partial charge in [-0.05, 0) is 61.2 Å². The van der Waals surface area contributed by atoms with Crippen LogP contribution in [0.25, 0.3) is 0 Å². The van der Waals surface area contributed by atoms with Gasteiger partial charge in [-0.1, -0.05) is 12.1 Å². The van der Waals surface area contributed by atoms with Crippen molar-refractivity contribution in [3.8, 4) is 5.75 Å². The van der Waals surface area contributed by atoms with Gasteiger partial charge >= 0.3 is 5.97 Å². The van der Waals surface area contributed by atoms with Crippen molar-refractivity contribution < 1.29 is 23.9 Å². The molecule has 2 amide bonds. The highest BCUT2D eigenvalue weighted by Crippen LogP contribution is 2.30.